The van der Waals surface area contributed by atoms with Crippen LogP contribution in [0.25, 0.3) is 0 Å². The molecule has 0 saturated carbocycles. The summed E-state index contributed by atoms with van der Waals surface area (Å²) in [6, 6.07) is 3.92. The van der Waals surface area contributed by atoms with E-state index in [4.69, 9.17) is 4.74 Å². The van der Waals surface area contributed by atoms with Gasteiger partial charge in [0.25, 0.3) is 0 Å². The minimum Gasteiger partial charge on any atom is -0.388 e. The minimum absolute atomic E-state index is 0.114. The average Bonchev–Trinajstić information content (AvgIpc) is 2.14. The molecule has 1 aromatic heterocycles. The highest BCUT2D eigenvalue weighted by atomic mass is 16.5. The molecule has 1 heterocycles. The Labute approximate surface area is 85.5 Å². The standard InChI is InChI=1S/C11H18N2O/c1-11(2,3)14-8-10-7-9(12-4)5-6-13-10/h5-7H,8H2,1-4H3,(H,12,13). The average molecular weight is 194 g/mol. The molecule has 3 nitrogen and oxygen atoms in total. The summed E-state index contributed by atoms with van der Waals surface area (Å²) in [6.07, 6.45) is 1.78. The number of ether oxygens (including phenoxy) is 1. The van der Waals surface area contributed by atoms with Crippen LogP contribution in [0.1, 0.15) is 26.5 Å². The van der Waals surface area contributed by atoms with Crippen LogP contribution >= 0.6 is 0 Å². The predicted octanol–water partition coefficient (Wildman–Crippen LogP) is 2.44. The zero-order chi connectivity index (χ0) is 10.6. The zero-order valence-corrected chi connectivity index (χ0v) is 9.29. The third kappa shape index (κ3) is 3.75. The summed E-state index contributed by atoms with van der Waals surface area (Å²) in [4.78, 5) is 4.23. The highest BCUT2D eigenvalue weighted by Gasteiger charge is 2.10. The molecule has 0 bridgehead atoms. The molecule has 78 valence electrons. The molecule has 0 aliphatic carbocycles. The molecule has 0 aliphatic rings. The number of nitrogens with one attached hydrogen (secondary N) is 1. The lowest BCUT2D eigenvalue weighted by Crippen LogP contribution is -2.19. The van der Waals surface area contributed by atoms with Gasteiger partial charge < -0.3 is 10.1 Å². The van der Waals surface area contributed by atoms with Gasteiger partial charge in [-0.25, -0.2) is 0 Å². The van der Waals surface area contributed by atoms with Crippen molar-refractivity contribution in [3.05, 3.63) is 24.0 Å². The van der Waals surface area contributed by atoms with Gasteiger partial charge in [-0.1, -0.05) is 0 Å². The van der Waals surface area contributed by atoms with Crippen LogP contribution in [0, 0.1) is 0 Å². The van der Waals surface area contributed by atoms with Crippen molar-refractivity contribution in [2.45, 2.75) is 33.0 Å². The van der Waals surface area contributed by atoms with Gasteiger partial charge in [0.05, 0.1) is 17.9 Å². The normalized spacial score (nSPS) is 11.4. The predicted molar refractivity (Wildman–Crippen MR) is 58.3 cm³/mol. The molecule has 0 aliphatic heterocycles. The fourth-order valence-electron chi connectivity index (χ4n) is 1.00. The van der Waals surface area contributed by atoms with Crippen molar-refractivity contribution in [3.63, 3.8) is 0 Å². The van der Waals surface area contributed by atoms with Gasteiger partial charge in [-0.3, -0.25) is 4.98 Å². The van der Waals surface area contributed by atoms with E-state index in [1.807, 2.05) is 40.0 Å². The summed E-state index contributed by atoms with van der Waals surface area (Å²) in [5, 5.41) is 3.07. The molecule has 0 fully saturated rings. The van der Waals surface area contributed by atoms with Gasteiger partial charge in [-0.05, 0) is 32.9 Å². The number of anilines is 1. The molecule has 0 saturated heterocycles. The first kappa shape index (κ1) is 11.0. The smallest absolute Gasteiger partial charge is 0.0895 e. The molecular weight excluding hydrogens is 176 g/mol. The summed E-state index contributed by atoms with van der Waals surface area (Å²) in [7, 11) is 1.89. The molecular formula is C11H18N2O. The van der Waals surface area contributed by atoms with Gasteiger partial charge in [0.2, 0.25) is 0 Å². The lowest BCUT2D eigenvalue weighted by molar-refractivity contribution is -0.0164. The Bertz CT molecular complexity index is 292. The van der Waals surface area contributed by atoms with Gasteiger partial charge in [-0.2, -0.15) is 0 Å². The maximum Gasteiger partial charge on any atom is 0.0895 e. The van der Waals surface area contributed by atoms with Crippen molar-refractivity contribution in [2.75, 3.05) is 12.4 Å². The van der Waals surface area contributed by atoms with Crippen LogP contribution in [-0.4, -0.2) is 17.6 Å². The second kappa shape index (κ2) is 4.42. The molecule has 1 aromatic rings. The van der Waals surface area contributed by atoms with E-state index in [1.165, 1.54) is 0 Å². The molecule has 0 unspecified atom stereocenters. The van der Waals surface area contributed by atoms with E-state index in [9.17, 15) is 0 Å². The van der Waals surface area contributed by atoms with E-state index in [-0.39, 0.29) is 5.60 Å². The van der Waals surface area contributed by atoms with E-state index in [2.05, 4.69) is 10.3 Å². The number of hydrogen-bond acceptors (Lipinski definition) is 3. The molecule has 0 amide bonds. The molecule has 0 spiro atoms. The van der Waals surface area contributed by atoms with Crippen LogP contribution in [0.15, 0.2) is 18.3 Å². The Morgan fingerprint density at radius 3 is 2.71 bits per heavy atom. The molecule has 0 radical (unpaired) electrons. The Hall–Kier alpha value is -1.09. The SMILES string of the molecule is CNc1ccnc(COC(C)(C)C)c1. The summed E-state index contributed by atoms with van der Waals surface area (Å²) in [5.41, 5.74) is 1.90. The van der Waals surface area contributed by atoms with Crippen molar-refractivity contribution >= 4 is 5.69 Å². The van der Waals surface area contributed by atoms with E-state index < -0.39 is 0 Å². The fourth-order valence-corrected chi connectivity index (χ4v) is 1.00. The lowest BCUT2D eigenvalue weighted by Gasteiger charge is -2.19. The first-order valence-corrected chi connectivity index (χ1v) is 4.78. The van der Waals surface area contributed by atoms with E-state index in [1.54, 1.807) is 6.20 Å². The summed E-state index contributed by atoms with van der Waals surface area (Å²) < 4.78 is 5.62. The van der Waals surface area contributed by atoms with Crippen molar-refractivity contribution in [2.24, 2.45) is 0 Å². The Balaban J connectivity index is 2.59. The first-order chi connectivity index (χ1) is 6.51. The molecule has 0 aromatic carbocycles. The molecule has 14 heavy (non-hydrogen) atoms. The summed E-state index contributed by atoms with van der Waals surface area (Å²) in [6.45, 7) is 6.66. The minimum atomic E-state index is -0.114. The highest BCUT2D eigenvalue weighted by Crippen LogP contribution is 2.12. The maximum atomic E-state index is 5.62. The van der Waals surface area contributed by atoms with Crippen molar-refractivity contribution in [3.8, 4) is 0 Å². The fraction of sp³-hybridized carbons (Fsp3) is 0.545. The highest BCUT2D eigenvalue weighted by molar-refractivity contribution is 5.42. The Morgan fingerprint density at radius 2 is 2.14 bits per heavy atom. The van der Waals surface area contributed by atoms with Crippen LogP contribution in [0.2, 0.25) is 0 Å². The van der Waals surface area contributed by atoms with Crippen LogP contribution < -0.4 is 5.32 Å². The van der Waals surface area contributed by atoms with Crippen LogP contribution in [0.3, 0.4) is 0 Å². The number of aromatic nitrogens is 1. The second-order valence-corrected chi connectivity index (χ2v) is 4.19. The van der Waals surface area contributed by atoms with Gasteiger partial charge in [0.1, 0.15) is 0 Å². The van der Waals surface area contributed by atoms with E-state index >= 15 is 0 Å². The summed E-state index contributed by atoms with van der Waals surface area (Å²) >= 11 is 0. The number of nitrogens with zero attached hydrogens (tertiary/aromatic N) is 1. The molecule has 0 atom stereocenters. The van der Waals surface area contributed by atoms with Gasteiger partial charge in [0, 0.05) is 18.9 Å². The van der Waals surface area contributed by atoms with Crippen molar-refractivity contribution < 1.29 is 4.74 Å². The third-order valence-electron chi connectivity index (χ3n) is 1.76. The summed E-state index contributed by atoms with van der Waals surface area (Å²) in [5.74, 6) is 0. The van der Waals surface area contributed by atoms with E-state index in [0.29, 0.717) is 6.61 Å². The second-order valence-electron chi connectivity index (χ2n) is 4.19. The Morgan fingerprint density at radius 1 is 1.43 bits per heavy atom. The largest absolute Gasteiger partial charge is 0.388 e. The van der Waals surface area contributed by atoms with Gasteiger partial charge >= 0.3 is 0 Å². The maximum absolute atomic E-state index is 5.62. The lowest BCUT2D eigenvalue weighted by atomic mass is 10.2. The van der Waals surface area contributed by atoms with Crippen LogP contribution in [-0.2, 0) is 11.3 Å². The topological polar surface area (TPSA) is 34.2 Å². The number of hydrogen-bond donors (Lipinski definition) is 1. The van der Waals surface area contributed by atoms with E-state index in [0.717, 1.165) is 11.4 Å². The van der Waals surface area contributed by atoms with Crippen molar-refractivity contribution in [1.82, 2.24) is 4.98 Å². The molecule has 1 N–H and O–H groups in total. The van der Waals surface area contributed by atoms with Crippen molar-refractivity contribution in [1.29, 1.82) is 0 Å². The first-order valence-electron chi connectivity index (χ1n) is 4.78. The number of rotatable bonds is 3. The Kier molecular flexibility index (Phi) is 3.47. The van der Waals surface area contributed by atoms with Gasteiger partial charge in [-0.15, -0.1) is 0 Å². The van der Waals surface area contributed by atoms with Crippen LogP contribution in [0.5, 0.6) is 0 Å². The molecule has 1 rings (SSSR count). The van der Waals surface area contributed by atoms with Gasteiger partial charge in [0.15, 0.2) is 0 Å². The van der Waals surface area contributed by atoms with Crippen LogP contribution in [0.4, 0.5) is 5.69 Å². The molecule has 3 heteroatoms. The quantitative estimate of drug-likeness (QED) is 0.802. The third-order valence-corrected chi connectivity index (χ3v) is 1.76. The number of pyridine rings is 1. The zero-order valence-electron chi connectivity index (χ0n) is 9.29. The monoisotopic (exact) mass is 194 g/mol.